The molecule has 10 aliphatic heterocycles. The first-order valence-corrected chi connectivity index (χ1v) is 16.0. The zero-order chi connectivity index (χ0) is 16.2. The van der Waals surface area contributed by atoms with Crippen LogP contribution in [-0.2, 0) is 13.6 Å². The van der Waals surface area contributed by atoms with Gasteiger partial charge in [0, 0.05) is 0 Å². The molecule has 6 nitrogen and oxygen atoms in total. The summed E-state index contributed by atoms with van der Waals surface area (Å²) in [5.41, 5.74) is 0.313. The SMILES string of the molecule is CC(c1nc2c([nH]1)c(=O)[nH]c(=O)n2C)[C]12[CH]3[CH]4[CH]5[CH]1[Fe]45321678[CH]2[CH]1[CH]6[CH]7[CH]28. The summed E-state index contributed by atoms with van der Waals surface area (Å²) in [6, 6.07) is 0. The second-order valence-corrected chi connectivity index (χ2v) is 36.7. The van der Waals surface area contributed by atoms with Crippen LogP contribution in [0.1, 0.15) is 18.7 Å². The van der Waals surface area contributed by atoms with E-state index < -0.39 is 6.51 Å². The van der Waals surface area contributed by atoms with Gasteiger partial charge in [-0.1, -0.05) is 0 Å². The molecule has 0 bridgehead atoms. The Morgan fingerprint density at radius 2 is 1.64 bits per heavy atom. The van der Waals surface area contributed by atoms with Gasteiger partial charge in [-0.2, -0.15) is 0 Å². The molecule has 0 aromatic carbocycles. The number of nitrogens with one attached hydrogen (secondary N) is 2. The molecule has 2 aromatic rings. The van der Waals surface area contributed by atoms with Crippen LogP contribution in [0.3, 0.4) is 0 Å². The van der Waals surface area contributed by atoms with Gasteiger partial charge in [0.15, 0.2) is 0 Å². The van der Waals surface area contributed by atoms with Crippen molar-refractivity contribution < 1.29 is 6.51 Å². The number of aromatic amines is 2. The van der Waals surface area contributed by atoms with Crippen molar-refractivity contribution in [2.24, 2.45) is 7.05 Å². The fourth-order valence-electron chi connectivity index (χ4n) is 19.1. The monoisotopic (exact) mass is 378 g/mol. The van der Waals surface area contributed by atoms with E-state index in [0.29, 0.717) is 17.1 Å². The molecule has 25 heavy (non-hydrogen) atoms. The molecule has 12 rings (SSSR count). The molecule has 5 atom stereocenters. The maximum atomic E-state index is 12.2. The van der Waals surface area contributed by atoms with Gasteiger partial charge in [0.05, 0.1) is 0 Å². The van der Waals surface area contributed by atoms with Crippen LogP contribution in [0.5, 0.6) is 0 Å². The molecule has 0 aliphatic carbocycles. The van der Waals surface area contributed by atoms with Crippen LogP contribution in [0.2, 0.25) is 47.7 Å². The van der Waals surface area contributed by atoms with E-state index in [0.717, 1.165) is 10.1 Å². The molecule has 0 saturated carbocycles. The average molecular weight is 378 g/mol. The summed E-state index contributed by atoms with van der Waals surface area (Å²) in [7, 11) is 1.70. The average Bonchev–Trinajstić information content (AvgIpc) is 3.48. The second kappa shape index (κ2) is 1.05. The van der Waals surface area contributed by atoms with E-state index in [9.17, 15) is 9.59 Å². The fourth-order valence-corrected chi connectivity index (χ4v) is 94.9. The third-order valence-electron chi connectivity index (χ3n) is 17.6. The van der Waals surface area contributed by atoms with E-state index in [1.807, 2.05) is 0 Å². The molecule has 10 fully saturated rings. The normalized spacial score (nSPS) is 86.4. The Hall–Kier alpha value is -1.33. The van der Waals surface area contributed by atoms with Crippen molar-refractivity contribution in [2.45, 2.75) is 60.5 Å². The molecule has 0 radical (unpaired) electrons. The van der Waals surface area contributed by atoms with Gasteiger partial charge in [-0.3, -0.25) is 0 Å². The molecule has 2 aromatic heterocycles. The summed E-state index contributed by atoms with van der Waals surface area (Å²) in [6.07, 6.45) is 0. The van der Waals surface area contributed by atoms with E-state index in [1.54, 1.807) is 7.05 Å². The van der Waals surface area contributed by atoms with Crippen LogP contribution in [0, 0.1) is 0 Å². The van der Waals surface area contributed by atoms with Crippen molar-refractivity contribution >= 4 is 11.2 Å². The van der Waals surface area contributed by atoms with E-state index in [-0.39, 0.29) is 11.2 Å². The Morgan fingerprint density at radius 1 is 1.04 bits per heavy atom. The number of rotatable bonds is 2. The van der Waals surface area contributed by atoms with Gasteiger partial charge in [-0.05, 0) is 0 Å². The number of nitrogens with zero attached hydrogens (tertiary/aromatic N) is 2. The molecule has 130 valence electrons. The molecule has 7 heteroatoms. The Bertz CT molecular complexity index is 1640. The Labute approximate surface area is 131 Å². The summed E-state index contributed by atoms with van der Waals surface area (Å²) in [4.78, 5) is 46.3. The van der Waals surface area contributed by atoms with Crippen LogP contribution in [0.4, 0.5) is 0 Å². The van der Waals surface area contributed by atoms with Crippen LogP contribution < -0.4 is 11.2 Å². The van der Waals surface area contributed by atoms with Crippen molar-refractivity contribution in [3.05, 3.63) is 26.7 Å². The molecule has 10 aliphatic rings. The van der Waals surface area contributed by atoms with Crippen LogP contribution >= 0.6 is 0 Å². The zero-order valence-electron chi connectivity index (χ0n) is 13.8. The van der Waals surface area contributed by atoms with Crippen molar-refractivity contribution in [2.75, 3.05) is 0 Å². The van der Waals surface area contributed by atoms with Gasteiger partial charge >= 0.3 is 131 Å². The van der Waals surface area contributed by atoms with Crippen molar-refractivity contribution in [3.63, 3.8) is 0 Å². The number of imidazole rings is 1. The van der Waals surface area contributed by atoms with Crippen LogP contribution in [0.15, 0.2) is 9.59 Å². The molecule has 0 amide bonds. The fraction of sp³-hybridized carbons (Fsp3) is 0.722. The molecule has 10 saturated heterocycles. The Morgan fingerprint density at radius 3 is 2.12 bits per heavy atom. The van der Waals surface area contributed by atoms with Gasteiger partial charge in [0.25, 0.3) is 0 Å². The van der Waals surface area contributed by atoms with Crippen molar-refractivity contribution in [1.29, 1.82) is 0 Å². The van der Waals surface area contributed by atoms with Crippen molar-refractivity contribution in [3.8, 4) is 0 Å². The number of fused-ring (bicyclic) bond motifs is 11. The first kappa shape index (κ1) is 10.1. The van der Waals surface area contributed by atoms with E-state index in [4.69, 9.17) is 4.98 Å². The topological polar surface area (TPSA) is 83.5 Å². The number of hydrogen-bond donors (Lipinski definition) is 2. The van der Waals surface area contributed by atoms with Gasteiger partial charge in [-0.25, -0.2) is 0 Å². The minimum atomic E-state index is -3.17. The predicted octanol–water partition coefficient (Wildman–Crippen LogP) is 2.81. The summed E-state index contributed by atoms with van der Waals surface area (Å²) in [5.74, 6) is 1.50. The summed E-state index contributed by atoms with van der Waals surface area (Å²) in [5, 5.41) is 0. The predicted molar refractivity (Wildman–Crippen MR) is 86.8 cm³/mol. The quantitative estimate of drug-likeness (QED) is 0.789. The number of H-pyrrole nitrogens is 2. The molecule has 2 N–H and O–H groups in total. The molecular formula is C18H18FeN4O2. The third kappa shape index (κ3) is 0.155. The molecule has 12 heterocycles. The second-order valence-electron chi connectivity index (χ2n) is 13.1. The third-order valence-corrected chi connectivity index (χ3v) is 60.4. The van der Waals surface area contributed by atoms with Crippen LogP contribution in [-0.4, -0.2) is 19.5 Å². The first-order valence-electron chi connectivity index (χ1n) is 9.66. The summed E-state index contributed by atoms with van der Waals surface area (Å²) in [6.45, 7) is -0.751. The number of aromatic nitrogens is 4. The van der Waals surface area contributed by atoms with Gasteiger partial charge in [0.2, 0.25) is 0 Å². The zero-order valence-corrected chi connectivity index (χ0v) is 14.9. The summed E-state index contributed by atoms with van der Waals surface area (Å²) >= 11 is 0. The number of aryl methyl sites for hydroxylation is 1. The van der Waals surface area contributed by atoms with Crippen LogP contribution in [0.25, 0.3) is 11.2 Å². The summed E-state index contributed by atoms with van der Waals surface area (Å²) < 4.78 is 2.20. The van der Waals surface area contributed by atoms with Crippen molar-refractivity contribution in [1.82, 2.24) is 19.5 Å². The van der Waals surface area contributed by atoms with E-state index in [2.05, 4.69) is 16.9 Å². The maximum absolute atomic E-state index is 12.2. The first-order chi connectivity index (χ1) is 11.8. The molecule has 5 unspecified atom stereocenters. The van der Waals surface area contributed by atoms with Gasteiger partial charge < -0.3 is 0 Å². The van der Waals surface area contributed by atoms with Gasteiger partial charge in [0.1, 0.15) is 0 Å². The molecule has 1 spiro atoms. The minimum absolute atomic E-state index is 0.325. The Kier molecular flexibility index (Phi) is 0.425. The Balaban J connectivity index is 1.23. The van der Waals surface area contributed by atoms with E-state index in [1.165, 1.54) is 47.9 Å². The standard InChI is InChI=1S/C13H13N4O2.C5H5.Fe/c1-7(8-5-3-4-6-8)10-14-9-11(15-10)17(2)13(19)16-12(9)18;1-2-4-5-3-1;/h3-7H,1-2H3,(H,14,15)(H,16,18,19);1-5H;. The van der Waals surface area contributed by atoms with E-state index >= 15 is 0 Å². The molecular weight excluding hydrogens is 360 g/mol. The van der Waals surface area contributed by atoms with Gasteiger partial charge in [-0.15, -0.1) is 0 Å². The number of hydrogen-bond acceptors (Lipinski definition) is 3.